The Hall–Kier alpha value is -0.860. The van der Waals surface area contributed by atoms with E-state index in [0.717, 1.165) is 26.0 Å². The molecular weight excluding hydrogens is 198 g/mol. The van der Waals surface area contributed by atoms with Crippen molar-refractivity contribution in [2.24, 2.45) is 0 Å². The first-order chi connectivity index (χ1) is 7.75. The van der Waals surface area contributed by atoms with Gasteiger partial charge in [0.25, 0.3) is 0 Å². The van der Waals surface area contributed by atoms with Gasteiger partial charge >= 0.3 is 0 Å². The van der Waals surface area contributed by atoms with Crippen molar-refractivity contribution >= 4 is 0 Å². The quantitative estimate of drug-likeness (QED) is 0.844. The van der Waals surface area contributed by atoms with Gasteiger partial charge in [0, 0.05) is 19.2 Å². The molecule has 16 heavy (non-hydrogen) atoms. The van der Waals surface area contributed by atoms with Crippen molar-refractivity contribution in [1.29, 1.82) is 0 Å². The molecule has 2 unspecified atom stereocenters. The third kappa shape index (κ3) is 3.06. The van der Waals surface area contributed by atoms with Crippen LogP contribution in [0.2, 0.25) is 0 Å². The summed E-state index contributed by atoms with van der Waals surface area (Å²) in [6.07, 6.45) is 2.67. The number of hydrogen-bond acceptors (Lipinski definition) is 2. The molecule has 0 amide bonds. The predicted molar refractivity (Wildman–Crippen MR) is 66.5 cm³/mol. The highest BCUT2D eigenvalue weighted by atomic mass is 16.5. The van der Waals surface area contributed by atoms with Crippen LogP contribution in [-0.4, -0.2) is 18.8 Å². The van der Waals surface area contributed by atoms with Crippen LogP contribution in [0.5, 0.6) is 0 Å². The molecule has 1 aromatic rings. The summed E-state index contributed by atoms with van der Waals surface area (Å²) in [5, 5.41) is 3.63. The Labute approximate surface area is 98.0 Å². The Kier molecular flexibility index (Phi) is 3.97. The van der Waals surface area contributed by atoms with Crippen LogP contribution in [0, 0.1) is 6.92 Å². The largest absolute Gasteiger partial charge is 0.378 e. The maximum atomic E-state index is 5.54. The Morgan fingerprint density at radius 3 is 2.94 bits per heavy atom. The Bertz CT molecular complexity index is 337. The molecule has 0 aliphatic carbocycles. The third-order valence-corrected chi connectivity index (χ3v) is 3.33. The van der Waals surface area contributed by atoms with Crippen LogP contribution in [0.25, 0.3) is 0 Å². The Morgan fingerprint density at radius 1 is 1.38 bits per heavy atom. The molecule has 1 aliphatic heterocycles. The molecule has 0 saturated carbocycles. The molecule has 2 heteroatoms. The van der Waals surface area contributed by atoms with Crippen LogP contribution in [-0.2, 0) is 11.3 Å². The highest BCUT2D eigenvalue weighted by Gasteiger charge is 2.18. The summed E-state index contributed by atoms with van der Waals surface area (Å²) in [6, 6.07) is 9.18. The molecule has 1 aromatic carbocycles. The van der Waals surface area contributed by atoms with E-state index in [1.807, 2.05) is 0 Å². The lowest BCUT2D eigenvalue weighted by Gasteiger charge is -2.28. The van der Waals surface area contributed by atoms with Gasteiger partial charge in [0.05, 0.1) is 6.10 Å². The second-order valence-corrected chi connectivity index (χ2v) is 4.71. The number of hydrogen-bond donors (Lipinski definition) is 1. The molecular formula is C14H21NO. The van der Waals surface area contributed by atoms with E-state index in [1.54, 1.807) is 0 Å². The van der Waals surface area contributed by atoms with Crippen molar-refractivity contribution < 1.29 is 4.74 Å². The van der Waals surface area contributed by atoms with Crippen molar-refractivity contribution in [3.05, 3.63) is 35.4 Å². The van der Waals surface area contributed by atoms with Gasteiger partial charge in [0.15, 0.2) is 0 Å². The molecule has 0 bridgehead atoms. The van der Waals surface area contributed by atoms with E-state index in [1.165, 1.54) is 11.1 Å². The normalized spacial score (nSPS) is 25.6. The molecule has 1 saturated heterocycles. The van der Waals surface area contributed by atoms with E-state index in [-0.39, 0.29) is 0 Å². The van der Waals surface area contributed by atoms with Gasteiger partial charge in [-0.2, -0.15) is 0 Å². The van der Waals surface area contributed by atoms with Gasteiger partial charge in [-0.05, 0) is 37.8 Å². The number of nitrogens with one attached hydrogen (secondary N) is 1. The first-order valence-corrected chi connectivity index (χ1v) is 6.15. The number of benzene rings is 1. The van der Waals surface area contributed by atoms with Crippen molar-refractivity contribution in [2.45, 2.75) is 45.4 Å². The van der Waals surface area contributed by atoms with Crippen molar-refractivity contribution in [2.75, 3.05) is 6.61 Å². The van der Waals surface area contributed by atoms with Crippen LogP contribution in [0.1, 0.15) is 30.9 Å². The van der Waals surface area contributed by atoms with Gasteiger partial charge in [0.1, 0.15) is 0 Å². The number of aryl methyl sites for hydroxylation is 1. The predicted octanol–water partition coefficient (Wildman–Crippen LogP) is 2.65. The molecule has 2 rings (SSSR count). The van der Waals surface area contributed by atoms with Crippen molar-refractivity contribution in [1.82, 2.24) is 5.32 Å². The van der Waals surface area contributed by atoms with Crippen LogP contribution in [0.3, 0.4) is 0 Å². The van der Waals surface area contributed by atoms with Crippen LogP contribution in [0.4, 0.5) is 0 Å². The average Bonchev–Trinajstić information content (AvgIpc) is 2.28. The van der Waals surface area contributed by atoms with Crippen molar-refractivity contribution in [3.63, 3.8) is 0 Å². The lowest BCUT2D eigenvalue weighted by atomic mass is 10.0. The van der Waals surface area contributed by atoms with Gasteiger partial charge in [-0.25, -0.2) is 0 Å². The highest BCUT2D eigenvalue weighted by Crippen LogP contribution is 2.14. The zero-order valence-electron chi connectivity index (χ0n) is 10.2. The van der Waals surface area contributed by atoms with Gasteiger partial charge in [-0.15, -0.1) is 0 Å². The fraction of sp³-hybridized carbons (Fsp3) is 0.571. The minimum absolute atomic E-state index is 0.406. The lowest BCUT2D eigenvalue weighted by molar-refractivity contribution is 0.0130. The van der Waals surface area contributed by atoms with E-state index in [2.05, 4.69) is 43.4 Å². The summed E-state index contributed by atoms with van der Waals surface area (Å²) in [5.41, 5.74) is 2.77. The molecule has 1 N–H and O–H groups in total. The molecule has 88 valence electrons. The van der Waals surface area contributed by atoms with Crippen LogP contribution < -0.4 is 5.32 Å². The van der Waals surface area contributed by atoms with Crippen molar-refractivity contribution in [3.8, 4) is 0 Å². The summed E-state index contributed by atoms with van der Waals surface area (Å²) in [4.78, 5) is 0. The molecule has 2 atom stereocenters. The maximum absolute atomic E-state index is 5.54. The summed E-state index contributed by atoms with van der Waals surface area (Å²) < 4.78 is 5.54. The number of rotatable bonds is 3. The summed E-state index contributed by atoms with van der Waals surface area (Å²) in [6.45, 7) is 6.20. The molecule has 1 heterocycles. The van der Waals surface area contributed by atoms with E-state index in [4.69, 9.17) is 4.74 Å². The second-order valence-electron chi connectivity index (χ2n) is 4.71. The molecule has 2 nitrogen and oxygen atoms in total. The standard InChI is InChI=1S/C14H21NO/c1-11-5-3-4-6-13(11)10-15-14-7-8-16-12(2)9-14/h3-6,12,14-15H,7-10H2,1-2H3. The van der Waals surface area contributed by atoms with Gasteiger partial charge < -0.3 is 10.1 Å². The van der Waals surface area contributed by atoms with E-state index in [0.29, 0.717) is 12.1 Å². The number of ether oxygens (including phenoxy) is 1. The summed E-state index contributed by atoms with van der Waals surface area (Å²) in [7, 11) is 0. The smallest absolute Gasteiger partial charge is 0.0561 e. The fourth-order valence-corrected chi connectivity index (χ4v) is 2.25. The minimum Gasteiger partial charge on any atom is -0.378 e. The Morgan fingerprint density at radius 2 is 2.19 bits per heavy atom. The van der Waals surface area contributed by atoms with Gasteiger partial charge in [-0.3, -0.25) is 0 Å². The topological polar surface area (TPSA) is 21.3 Å². The molecule has 1 fully saturated rings. The average molecular weight is 219 g/mol. The lowest BCUT2D eigenvalue weighted by Crippen LogP contribution is -2.37. The van der Waals surface area contributed by atoms with Gasteiger partial charge in [-0.1, -0.05) is 24.3 Å². The van der Waals surface area contributed by atoms with Crippen LogP contribution in [0.15, 0.2) is 24.3 Å². The van der Waals surface area contributed by atoms with Gasteiger partial charge in [0.2, 0.25) is 0 Å². The molecule has 0 radical (unpaired) electrons. The second kappa shape index (κ2) is 5.46. The monoisotopic (exact) mass is 219 g/mol. The molecule has 1 aliphatic rings. The molecule has 0 spiro atoms. The minimum atomic E-state index is 0.406. The Balaban J connectivity index is 1.85. The fourth-order valence-electron chi connectivity index (χ4n) is 2.25. The first-order valence-electron chi connectivity index (χ1n) is 6.15. The first kappa shape index (κ1) is 11.6. The zero-order valence-corrected chi connectivity index (χ0v) is 10.2. The van der Waals surface area contributed by atoms with E-state index < -0.39 is 0 Å². The highest BCUT2D eigenvalue weighted by molar-refractivity contribution is 5.25. The van der Waals surface area contributed by atoms with E-state index in [9.17, 15) is 0 Å². The molecule has 0 aromatic heterocycles. The van der Waals surface area contributed by atoms with Crippen LogP contribution >= 0.6 is 0 Å². The van der Waals surface area contributed by atoms with E-state index >= 15 is 0 Å². The third-order valence-electron chi connectivity index (χ3n) is 3.33. The summed E-state index contributed by atoms with van der Waals surface area (Å²) >= 11 is 0. The zero-order chi connectivity index (χ0) is 11.4. The summed E-state index contributed by atoms with van der Waals surface area (Å²) in [5.74, 6) is 0. The maximum Gasteiger partial charge on any atom is 0.0561 e. The SMILES string of the molecule is Cc1ccccc1CNC1CCOC(C)C1.